The lowest BCUT2D eigenvalue weighted by Gasteiger charge is -2.24. The number of nitrogens with zero attached hydrogens (tertiary/aromatic N) is 1. The van der Waals surface area contributed by atoms with Crippen LogP contribution in [0.4, 0.5) is 10.1 Å². The number of carbonyl (C=O) groups excluding carboxylic acids is 2. The van der Waals surface area contributed by atoms with Crippen molar-refractivity contribution >= 4 is 17.5 Å². The fourth-order valence-corrected chi connectivity index (χ4v) is 3.04. The molecule has 1 fully saturated rings. The standard InChI is InChI=1S/C19H19FN2O2/c1-13-6-2-3-9-16(13)19(24)22-11-5-10-17(22)18(23)21-15-8-4-7-14(20)12-15/h2-4,6-9,12,17H,5,10-11H2,1H3,(H,21,23)/t17-/m1/s1. The van der Waals surface area contributed by atoms with E-state index in [-0.39, 0.29) is 11.8 Å². The van der Waals surface area contributed by atoms with Crippen LogP contribution >= 0.6 is 0 Å². The Kier molecular flexibility index (Phi) is 4.60. The first-order chi connectivity index (χ1) is 11.6. The van der Waals surface area contributed by atoms with E-state index in [2.05, 4.69) is 5.32 Å². The fourth-order valence-electron chi connectivity index (χ4n) is 3.04. The Morgan fingerprint density at radius 3 is 2.71 bits per heavy atom. The van der Waals surface area contributed by atoms with E-state index in [0.29, 0.717) is 24.2 Å². The minimum absolute atomic E-state index is 0.134. The average molecular weight is 326 g/mol. The molecule has 0 saturated carbocycles. The number of carbonyl (C=O) groups is 2. The minimum atomic E-state index is -0.527. The van der Waals surface area contributed by atoms with Crippen molar-refractivity contribution in [1.82, 2.24) is 4.90 Å². The number of amides is 2. The summed E-state index contributed by atoms with van der Waals surface area (Å²) < 4.78 is 13.2. The van der Waals surface area contributed by atoms with Gasteiger partial charge in [-0.15, -0.1) is 0 Å². The quantitative estimate of drug-likeness (QED) is 0.940. The van der Waals surface area contributed by atoms with Gasteiger partial charge >= 0.3 is 0 Å². The molecule has 2 aromatic rings. The maximum absolute atomic E-state index is 13.2. The van der Waals surface area contributed by atoms with Gasteiger partial charge in [-0.25, -0.2) is 4.39 Å². The van der Waals surface area contributed by atoms with Crippen LogP contribution in [0, 0.1) is 12.7 Å². The second-order valence-corrected chi connectivity index (χ2v) is 5.97. The summed E-state index contributed by atoms with van der Waals surface area (Å²) in [4.78, 5) is 26.9. The van der Waals surface area contributed by atoms with Gasteiger partial charge in [0.05, 0.1) is 0 Å². The summed E-state index contributed by atoms with van der Waals surface area (Å²) in [5.41, 5.74) is 1.90. The molecule has 5 heteroatoms. The van der Waals surface area contributed by atoms with Crippen molar-refractivity contribution in [2.45, 2.75) is 25.8 Å². The van der Waals surface area contributed by atoms with Gasteiger partial charge in [0.2, 0.25) is 5.91 Å². The lowest BCUT2D eigenvalue weighted by Crippen LogP contribution is -2.43. The molecule has 0 bridgehead atoms. The lowest BCUT2D eigenvalue weighted by molar-refractivity contribution is -0.119. The first kappa shape index (κ1) is 16.2. The third-order valence-corrected chi connectivity index (χ3v) is 4.28. The molecule has 0 aliphatic carbocycles. The van der Waals surface area contributed by atoms with Crippen LogP contribution in [0.15, 0.2) is 48.5 Å². The van der Waals surface area contributed by atoms with E-state index in [1.807, 2.05) is 25.1 Å². The monoisotopic (exact) mass is 326 g/mol. The largest absolute Gasteiger partial charge is 0.327 e. The van der Waals surface area contributed by atoms with Crippen molar-refractivity contribution in [3.63, 3.8) is 0 Å². The number of hydrogen-bond donors (Lipinski definition) is 1. The van der Waals surface area contributed by atoms with Gasteiger partial charge in [0, 0.05) is 17.8 Å². The van der Waals surface area contributed by atoms with Gasteiger partial charge < -0.3 is 10.2 Å². The van der Waals surface area contributed by atoms with Gasteiger partial charge in [-0.05, 0) is 49.6 Å². The predicted octanol–water partition coefficient (Wildman–Crippen LogP) is 3.38. The molecule has 24 heavy (non-hydrogen) atoms. The highest BCUT2D eigenvalue weighted by molar-refractivity contribution is 6.02. The van der Waals surface area contributed by atoms with Crippen molar-refractivity contribution in [3.05, 3.63) is 65.5 Å². The first-order valence-corrected chi connectivity index (χ1v) is 7.99. The number of rotatable bonds is 3. The van der Waals surface area contributed by atoms with Crippen molar-refractivity contribution in [2.24, 2.45) is 0 Å². The highest BCUT2D eigenvalue weighted by Gasteiger charge is 2.34. The van der Waals surface area contributed by atoms with Crippen LogP contribution in [-0.2, 0) is 4.79 Å². The summed E-state index contributed by atoms with van der Waals surface area (Å²) in [7, 11) is 0. The Bertz CT molecular complexity index is 775. The molecular weight excluding hydrogens is 307 g/mol. The molecule has 1 atom stereocenters. The molecular formula is C19H19FN2O2. The number of aryl methyl sites for hydroxylation is 1. The summed E-state index contributed by atoms with van der Waals surface area (Å²) in [6.45, 7) is 2.43. The Hall–Kier alpha value is -2.69. The Morgan fingerprint density at radius 1 is 1.17 bits per heavy atom. The van der Waals surface area contributed by atoms with Gasteiger partial charge in [-0.3, -0.25) is 9.59 Å². The SMILES string of the molecule is Cc1ccccc1C(=O)N1CCC[C@@H]1C(=O)Nc1cccc(F)c1. The average Bonchev–Trinajstić information content (AvgIpc) is 3.04. The molecule has 124 valence electrons. The first-order valence-electron chi connectivity index (χ1n) is 7.99. The number of nitrogens with one attached hydrogen (secondary N) is 1. The fraction of sp³-hybridized carbons (Fsp3) is 0.263. The van der Waals surface area contributed by atoms with E-state index in [1.165, 1.54) is 18.2 Å². The molecule has 4 nitrogen and oxygen atoms in total. The van der Waals surface area contributed by atoms with Crippen LogP contribution in [0.25, 0.3) is 0 Å². The summed E-state index contributed by atoms with van der Waals surface area (Å²) in [6, 6.07) is 12.6. The van der Waals surface area contributed by atoms with E-state index < -0.39 is 11.9 Å². The number of likely N-dealkylation sites (tertiary alicyclic amines) is 1. The zero-order chi connectivity index (χ0) is 17.1. The molecule has 2 amide bonds. The molecule has 3 rings (SSSR count). The second-order valence-electron chi connectivity index (χ2n) is 5.97. The summed E-state index contributed by atoms with van der Waals surface area (Å²) in [5.74, 6) is -0.822. The second kappa shape index (κ2) is 6.83. The van der Waals surface area contributed by atoms with Crippen molar-refractivity contribution in [1.29, 1.82) is 0 Å². The van der Waals surface area contributed by atoms with Gasteiger partial charge in [0.1, 0.15) is 11.9 Å². The highest BCUT2D eigenvalue weighted by atomic mass is 19.1. The predicted molar refractivity (Wildman–Crippen MR) is 90.3 cm³/mol. The van der Waals surface area contributed by atoms with Crippen LogP contribution in [0.3, 0.4) is 0 Å². The van der Waals surface area contributed by atoms with Gasteiger partial charge in [0.15, 0.2) is 0 Å². The maximum atomic E-state index is 13.2. The number of benzene rings is 2. The Balaban J connectivity index is 1.76. The molecule has 1 aliphatic rings. The zero-order valence-electron chi connectivity index (χ0n) is 13.5. The van der Waals surface area contributed by atoms with Crippen LogP contribution in [0.2, 0.25) is 0 Å². The smallest absolute Gasteiger partial charge is 0.254 e. The van der Waals surface area contributed by atoms with Crippen molar-refractivity contribution < 1.29 is 14.0 Å². The molecule has 1 saturated heterocycles. The minimum Gasteiger partial charge on any atom is -0.327 e. The van der Waals surface area contributed by atoms with Crippen molar-refractivity contribution in [3.8, 4) is 0 Å². The van der Waals surface area contributed by atoms with E-state index in [0.717, 1.165) is 12.0 Å². The molecule has 0 spiro atoms. The Labute approximate surface area is 140 Å². The topological polar surface area (TPSA) is 49.4 Å². The van der Waals surface area contributed by atoms with Gasteiger partial charge in [0.25, 0.3) is 5.91 Å². The Morgan fingerprint density at radius 2 is 1.96 bits per heavy atom. The van der Waals surface area contributed by atoms with E-state index in [4.69, 9.17) is 0 Å². The summed E-state index contributed by atoms with van der Waals surface area (Å²) >= 11 is 0. The molecule has 0 radical (unpaired) electrons. The zero-order valence-corrected chi connectivity index (χ0v) is 13.5. The molecule has 2 aromatic carbocycles. The summed E-state index contributed by atoms with van der Waals surface area (Å²) in [6.07, 6.45) is 1.39. The summed E-state index contributed by atoms with van der Waals surface area (Å²) in [5, 5.41) is 2.70. The molecule has 1 aliphatic heterocycles. The van der Waals surface area contributed by atoms with E-state index in [1.54, 1.807) is 17.0 Å². The van der Waals surface area contributed by atoms with Gasteiger partial charge in [-0.1, -0.05) is 24.3 Å². The molecule has 1 heterocycles. The van der Waals surface area contributed by atoms with Crippen LogP contribution in [-0.4, -0.2) is 29.3 Å². The maximum Gasteiger partial charge on any atom is 0.254 e. The van der Waals surface area contributed by atoms with Crippen LogP contribution < -0.4 is 5.32 Å². The van der Waals surface area contributed by atoms with Crippen LogP contribution in [0.1, 0.15) is 28.8 Å². The normalized spacial score (nSPS) is 16.9. The molecule has 1 N–H and O–H groups in total. The van der Waals surface area contributed by atoms with E-state index >= 15 is 0 Å². The van der Waals surface area contributed by atoms with E-state index in [9.17, 15) is 14.0 Å². The third kappa shape index (κ3) is 3.30. The van der Waals surface area contributed by atoms with Gasteiger partial charge in [-0.2, -0.15) is 0 Å². The number of hydrogen-bond acceptors (Lipinski definition) is 2. The third-order valence-electron chi connectivity index (χ3n) is 4.28. The highest BCUT2D eigenvalue weighted by Crippen LogP contribution is 2.23. The van der Waals surface area contributed by atoms with Crippen molar-refractivity contribution in [2.75, 3.05) is 11.9 Å². The number of anilines is 1. The molecule has 0 aromatic heterocycles. The lowest BCUT2D eigenvalue weighted by atomic mass is 10.1. The van der Waals surface area contributed by atoms with Crippen LogP contribution in [0.5, 0.6) is 0 Å². The number of halogens is 1. The molecule has 0 unspecified atom stereocenters.